The third-order valence-corrected chi connectivity index (χ3v) is 2.49. The number of rotatable bonds is 5. The Morgan fingerprint density at radius 3 is 2.36 bits per heavy atom. The second kappa shape index (κ2) is 5.11. The van der Waals surface area contributed by atoms with Crippen molar-refractivity contribution in [1.29, 1.82) is 0 Å². The lowest BCUT2D eigenvalue weighted by Gasteiger charge is -2.19. The molecule has 0 saturated heterocycles. The Morgan fingerprint density at radius 2 is 2.07 bits per heavy atom. The normalized spacial score (nSPS) is 13.7. The van der Waals surface area contributed by atoms with E-state index in [1.54, 1.807) is 13.8 Å². The van der Waals surface area contributed by atoms with Crippen molar-refractivity contribution in [3.05, 3.63) is 12.7 Å². The van der Waals surface area contributed by atoms with Crippen molar-refractivity contribution in [3.8, 4) is 0 Å². The molecule has 6 heteroatoms. The van der Waals surface area contributed by atoms with E-state index in [2.05, 4.69) is 11.9 Å². The largest absolute Gasteiger partial charge is 0.348 e. The Kier molecular flexibility index (Phi) is 4.79. The van der Waals surface area contributed by atoms with Crippen LogP contribution < -0.4 is 5.32 Å². The molecule has 0 bridgehead atoms. The Hall–Kier alpha value is -0.880. The lowest BCUT2D eigenvalue weighted by atomic mass is 10.1. The van der Waals surface area contributed by atoms with Crippen molar-refractivity contribution in [2.75, 3.05) is 5.75 Å². The molecule has 1 amide bonds. The average molecular weight is 221 g/mol. The molecule has 1 atom stereocenters. The number of carbonyl (C=O) groups is 1. The number of nitrogens with one attached hydrogen (secondary N) is 1. The first-order valence-electron chi connectivity index (χ1n) is 4.14. The van der Waals surface area contributed by atoms with Crippen LogP contribution in [0.1, 0.15) is 13.8 Å². The molecule has 0 aliphatic rings. The third kappa shape index (κ3) is 5.71. The molecule has 0 aromatic carbocycles. The Morgan fingerprint density at radius 1 is 1.57 bits per heavy atom. The molecule has 5 nitrogen and oxygen atoms in total. The summed E-state index contributed by atoms with van der Waals surface area (Å²) in [6.07, 6.45) is 1.05. The van der Waals surface area contributed by atoms with E-state index < -0.39 is 27.8 Å². The quantitative estimate of drug-likeness (QED) is 0.513. The van der Waals surface area contributed by atoms with E-state index in [9.17, 15) is 13.2 Å². The zero-order chi connectivity index (χ0) is 11.4. The SMILES string of the molecule is C=CC(=O)NC(CS(=O)(=O)O)C(C)C. The molecule has 0 rings (SSSR count). The maximum atomic E-state index is 10.9. The third-order valence-electron chi connectivity index (χ3n) is 1.71. The Labute approximate surface area is 83.9 Å². The highest BCUT2D eigenvalue weighted by Gasteiger charge is 2.21. The van der Waals surface area contributed by atoms with Gasteiger partial charge in [-0.05, 0) is 12.0 Å². The summed E-state index contributed by atoms with van der Waals surface area (Å²) < 4.78 is 29.8. The Balaban J connectivity index is 4.46. The number of carbonyl (C=O) groups excluding carboxylic acids is 1. The van der Waals surface area contributed by atoms with Crippen molar-refractivity contribution in [2.24, 2.45) is 5.92 Å². The van der Waals surface area contributed by atoms with Gasteiger partial charge in [0, 0.05) is 6.04 Å². The van der Waals surface area contributed by atoms with Crippen LogP contribution >= 0.6 is 0 Å². The highest BCUT2D eigenvalue weighted by atomic mass is 32.2. The lowest BCUT2D eigenvalue weighted by molar-refractivity contribution is -0.117. The minimum absolute atomic E-state index is 0.0826. The highest BCUT2D eigenvalue weighted by molar-refractivity contribution is 7.85. The molecule has 0 saturated carbocycles. The fourth-order valence-electron chi connectivity index (χ4n) is 0.869. The van der Waals surface area contributed by atoms with Gasteiger partial charge < -0.3 is 5.32 Å². The van der Waals surface area contributed by atoms with Gasteiger partial charge in [0.05, 0.1) is 5.75 Å². The summed E-state index contributed by atoms with van der Waals surface area (Å²) in [7, 11) is -4.07. The Bertz CT molecular complexity index is 307. The minimum atomic E-state index is -4.07. The van der Waals surface area contributed by atoms with Gasteiger partial charge in [-0.2, -0.15) is 8.42 Å². The van der Waals surface area contributed by atoms with E-state index in [4.69, 9.17) is 4.55 Å². The number of hydrogen-bond donors (Lipinski definition) is 2. The van der Waals surface area contributed by atoms with E-state index in [0.717, 1.165) is 6.08 Å². The molecule has 0 radical (unpaired) electrons. The van der Waals surface area contributed by atoms with Crippen LogP contribution in [-0.2, 0) is 14.9 Å². The van der Waals surface area contributed by atoms with Gasteiger partial charge in [-0.3, -0.25) is 9.35 Å². The standard InChI is InChI=1S/C8H15NO4S/c1-4-8(10)9-7(6(2)3)5-14(11,12)13/h4,6-7H,1,5H2,2-3H3,(H,9,10)(H,11,12,13). The summed E-state index contributed by atoms with van der Waals surface area (Å²) in [6, 6.07) is -0.601. The second-order valence-corrected chi connectivity index (χ2v) is 4.81. The van der Waals surface area contributed by atoms with Crippen molar-refractivity contribution < 1.29 is 17.8 Å². The highest BCUT2D eigenvalue weighted by Crippen LogP contribution is 2.04. The zero-order valence-corrected chi connectivity index (χ0v) is 9.04. The van der Waals surface area contributed by atoms with Gasteiger partial charge >= 0.3 is 0 Å². The molecule has 1 unspecified atom stereocenters. The van der Waals surface area contributed by atoms with E-state index in [-0.39, 0.29) is 5.92 Å². The van der Waals surface area contributed by atoms with Crippen LogP contribution in [0.5, 0.6) is 0 Å². The van der Waals surface area contributed by atoms with Crippen molar-refractivity contribution in [1.82, 2.24) is 5.32 Å². The van der Waals surface area contributed by atoms with E-state index in [1.165, 1.54) is 0 Å². The van der Waals surface area contributed by atoms with Crippen LogP contribution in [0.2, 0.25) is 0 Å². The number of hydrogen-bond acceptors (Lipinski definition) is 3. The van der Waals surface area contributed by atoms with Gasteiger partial charge in [-0.1, -0.05) is 20.4 Å². The fraction of sp³-hybridized carbons (Fsp3) is 0.625. The first kappa shape index (κ1) is 13.1. The molecule has 2 N–H and O–H groups in total. The van der Waals surface area contributed by atoms with Crippen molar-refractivity contribution in [3.63, 3.8) is 0 Å². The van der Waals surface area contributed by atoms with Crippen LogP contribution in [0.15, 0.2) is 12.7 Å². The van der Waals surface area contributed by atoms with Gasteiger partial charge in [0.15, 0.2) is 0 Å². The van der Waals surface area contributed by atoms with Gasteiger partial charge in [-0.15, -0.1) is 0 Å². The first-order chi connectivity index (χ1) is 6.26. The van der Waals surface area contributed by atoms with Crippen LogP contribution in [0, 0.1) is 5.92 Å². The van der Waals surface area contributed by atoms with Gasteiger partial charge in [-0.25, -0.2) is 0 Å². The smallest absolute Gasteiger partial charge is 0.266 e. The summed E-state index contributed by atoms with van der Waals surface area (Å²) >= 11 is 0. The summed E-state index contributed by atoms with van der Waals surface area (Å²) in [4.78, 5) is 10.9. The average Bonchev–Trinajstić information content (AvgIpc) is 2.00. The second-order valence-electron chi connectivity index (χ2n) is 3.31. The molecule has 0 fully saturated rings. The molecular formula is C8H15NO4S. The molecule has 82 valence electrons. The molecule has 0 aromatic heterocycles. The minimum Gasteiger partial charge on any atom is -0.348 e. The molecule has 0 spiro atoms. The van der Waals surface area contributed by atoms with Crippen molar-refractivity contribution >= 4 is 16.0 Å². The lowest BCUT2D eigenvalue weighted by Crippen LogP contribution is -2.42. The van der Waals surface area contributed by atoms with Crippen LogP contribution in [0.4, 0.5) is 0 Å². The number of amides is 1. The summed E-state index contributed by atoms with van der Waals surface area (Å²) in [6.45, 7) is 6.74. The fourth-order valence-corrected chi connectivity index (χ4v) is 1.79. The summed E-state index contributed by atoms with van der Waals surface area (Å²) in [5, 5.41) is 2.43. The van der Waals surface area contributed by atoms with Gasteiger partial charge in [0.25, 0.3) is 10.1 Å². The monoisotopic (exact) mass is 221 g/mol. The first-order valence-corrected chi connectivity index (χ1v) is 5.75. The predicted molar refractivity (Wildman–Crippen MR) is 53.4 cm³/mol. The van der Waals surface area contributed by atoms with Crippen LogP contribution in [-0.4, -0.2) is 30.7 Å². The molecular weight excluding hydrogens is 206 g/mol. The maximum absolute atomic E-state index is 10.9. The molecule has 0 heterocycles. The predicted octanol–water partition coefficient (Wildman–Crippen LogP) is 0.201. The van der Waals surface area contributed by atoms with Crippen molar-refractivity contribution in [2.45, 2.75) is 19.9 Å². The zero-order valence-electron chi connectivity index (χ0n) is 8.23. The molecule has 0 aromatic rings. The van der Waals surface area contributed by atoms with E-state index >= 15 is 0 Å². The van der Waals surface area contributed by atoms with Gasteiger partial charge in [0.2, 0.25) is 5.91 Å². The van der Waals surface area contributed by atoms with Crippen LogP contribution in [0.25, 0.3) is 0 Å². The topological polar surface area (TPSA) is 83.5 Å². The van der Waals surface area contributed by atoms with E-state index in [1.807, 2.05) is 0 Å². The molecule has 0 aliphatic carbocycles. The molecule has 14 heavy (non-hydrogen) atoms. The summed E-state index contributed by atoms with van der Waals surface area (Å²) in [5.41, 5.74) is 0. The maximum Gasteiger partial charge on any atom is 0.266 e. The van der Waals surface area contributed by atoms with Gasteiger partial charge in [0.1, 0.15) is 0 Å². The van der Waals surface area contributed by atoms with Crippen LogP contribution in [0.3, 0.4) is 0 Å². The summed E-state index contributed by atoms with van der Waals surface area (Å²) in [5.74, 6) is -1.02. The van der Waals surface area contributed by atoms with E-state index in [0.29, 0.717) is 0 Å². The molecule has 0 aliphatic heterocycles.